The van der Waals surface area contributed by atoms with E-state index in [1.54, 1.807) is 28.6 Å². The predicted molar refractivity (Wildman–Crippen MR) is 114 cm³/mol. The highest BCUT2D eigenvalue weighted by Crippen LogP contribution is 2.24. The molecule has 0 saturated carbocycles. The Labute approximate surface area is 178 Å². The maximum Gasteiger partial charge on any atom is 0.245 e. The molecule has 1 aliphatic rings. The molecular formula is C22H22FN7O. The number of halogens is 1. The van der Waals surface area contributed by atoms with E-state index in [1.165, 1.54) is 0 Å². The second-order valence-corrected chi connectivity index (χ2v) is 7.88. The van der Waals surface area contributed by atoms with Crippen LogP contribution in [-0.4, -0.2) is 54.4 Å². The van der Waals surface area contributed by atoms with Crippen molar-refractivity contribution >= 4 is 17.4 Å². The average molecular weight is 419 g/mol. The summed E-state index contributed by atoms with van der Waals surface area (Å²) in [6.45, 7) is 2.84. The number of carbonyl (C=O) groups is 1. The van der Waals surface area contributed by atoms with E-state index in [2.05, 4.69) is 20.2 Å². The molecule has 5 heterocycles. The molecule has 31 heavy (non-hydrogen) atoms. The van der Waals surface area contributed by atoms with E-state index < -0.39 is 6.17 Å². The van der Waals surface area contributed by atoms with Crippen molar-refractivity contribution in [2.45, 2.75) is 25.9 Å². The summed E-state index contributed by atoms with van der Waals surface area (Å²) in [6.07, 6.45) is 3.32. The van der Waals surface area contributed by atoms with E-state index in [0.29, 0.717) is 36.8 Å². The van der Waals surface area contributed by atoms with E-state index in [1.807, 2.05) is 42.2 Å². The van der Waals surface area contributed by atoms with Crippen molar-refractivity contribution in [1.82, 2.24) is 29.4 Å². The monoisotopic (exact) mass is 419 g/mol. The van der Waals surface area contributed by atoms with Crippen molar-refractivity contribution in [2.75, 3.05) is 18.0 Å². The number of aryl methyl sites for hydroxylation is 2. The second kappa shape index (κ2) is 7.57. The number of Topliss-reactive ketones (excluding diaryl/α,β-unsaturated/α-hetero) is 1. The van der Waals surface area contributed by atoms with E-state index in [0.717, 1.165) is 22.5 Å². The third-order valence-electron chi connectivity index (χ3n) is 5.54. The van der Waals surface area contributed by atoms with Crippen LogP contribution in [0.2, 0.25) is 0 Å². The third-order valence-corrected chi connectivity index (χ3v) is 5.54. The standard InChI is InChI=1S/C22H22FN7O/c1-14-4-3-5-18(25-14)17-12-24-28(2)21(17)19(31)10-15-6-9-30-20(11-15)26-22(27-30)29-8-7-16(23)13-29/h3-6,9,11-12,16H,7-8,10,13H2,1-2H3/t16-/m0/s1. The van der Waals surface area contributed by atoms with Crippen molar-refractivity contribution in [1.29, 1.82) is 0 Å². The van der Waals surface area contributed by atoms with Crippen LogP contribution in [0.15, 0.2) is 42.7 Å². The molecule has 158 valence electrons. The van der Waals surface area contributed by atoms with Gasteiger partial charge in [-0.3, -0.25) is 14.5 Å². The Kier molecular flexibility index (Phi) is 4.72. The minimum Gasteiger partial charge on any atom is -0.336 e. The van der Waals surface area contributed by atoms with Crippen LogP contribution in [0.4, 0.5) is 10.3 Å². The quantitative estimate of drug-likeness (QED) is 0.463. The van der Waals surface area contributed by atoms with Crippen LogP contribution in [0, 0.1) is 6.92 Å². The number of ketones is 1. The Morgan fingerprint density at radius 2 is 2.13 bits per heavy atom. The molecule has 0 N–H and O–H groups in total. The Bertz CT molecular complexity index is 1280. The minimum atomic E-state index is -0.837. The number of alkyl halides is 1. The summed E-state index contributed by atoms with van der Waals surface area (Å²) in [7, 11) is 1.76. The van der Waals surface area contributed by atoms with Gasteiger partial charge < -0.3 is 4.90 Å². The smallest absolute Gasteiger partial charge is 0.245 e. The molecule has 0 bridgehead atoms. The summed E-state index contributed by atoms with van der Waals surface area (Å²) in [5, 5.41) is 8.71. The fourth-order valence-electron chi connectivity index (χ4n) is 3.97. The number of carbonyl (C=O) groups excluding carboxylic acids is 1. The Hall–Kier alpha value is -3.62. The molecule has 1 fully saturated rings. The van der Waals surface area contributed by atoms with Crippen LogP contribution >= 0.6 is 0 Å². The second-order valence-electron chi connectivity index (χ2n) is 7.88. The maximum atomic E-state index is 13.5. The first-order valence-corrected chi connectivity index (χ1v) is 10.2. The van der Waals surface area contributed by atoms with Gasteiger partial charge in [-0.15, -0.1) is 5.10 Å². The van der Waals surface area contributed by atoms with Crippen molar-refractivity contribution in [3.8, 4) is 11.3 Å². The zero-order chi connectivity index (χ0) is 21.5. The van der Waals surface area contributed by atoms with Gasteiger partial charge in [-0.05, 0) is 43.2 Å². The molecule has 0 spiro atoms. The summed E-state index contributed by atoms with van der Waals surface area (Å²) in [5.74, 6) is 0.463. The van der Waals surface area contributed by atoms with Crippen molar-refractivity contribution in [3.63, 3.8) is 0 Å². The molecule has 5 rings (SSSR count). The summed E-state index contributed by atoms with van der Waals surface area (Å²) >= 11 is 0. The molecule has 0 aliphatic carbocycles. The molecule has 4 aromatic heterocycles. The van der Waals surface area contributed by atoms with Crippen molar-refractivity contribution in [3.05, 3.63) is 59.7 Å². The lowest BCUT2D eigenvalue weighted by molar-refractivity contribution is 0.0984. The summed E-state index contributed by atoms with van der Waals surface area (Å²) < 4.78 is 16.8. The molecular weight excluding hydrogens is 397 g/mol. The minimum absolute atomic E-state index is 0.0535. The number of fused-ring (bicyclic) bond motifs is 1. The summed E-state index contributed by atoms with van der Waals surface area (Å²) in [5.41, 5.74) is 4.30. The highest BCUT2D eigenvalue weighted by atomic mass is 19.1. The SMILES string of the molecule is Cc1cccc(-c2cnn(C)c2C(=O)Cc2ccn3nc(N4CC[C@H](F)C4)nc3c2)n1. The van der Waals surface area contributed by atoms with Crippen molar-refractivity contribution in [2.24, 2.45) is 7.05 Å². The zero-order valence-corrected chi connectivity index (χ0v) is 17.4. The first-order valence-electron chi connectivity index (χ1n) is 10.2. The Balaban J connectivity index is 1.41. The first-order chi connectivity index (χ1) is 15.0. The van der Waals surface area contributed by atoms with Gasteiger partial charge in [0.15, 0.2) is 11.4 Å². The van der Waals surface area contributed by atoms with Gasteiger partial charge in [-0.2, -0.15) is 10.1 Å². The predicted octanol–water partition coefficient (Wildman–Crippen LogP) is 2.81. The molecule has 0 unspecified atom stereocenters. The lowest BCUT2D eigenvalue weighted by Crippen LogP contribution is -2.21. The highest BCUT2D eigenvalue weighted by Gasteiger charge is 2.25. The molecule has 9 heteroatoms. The van der Waals surface area contributed by atoms with Gasteiger partial charge >= 0.3 is 0 Å². The van der Waals surface area contributed by atoms with Gasteiger partial charge in [-0.1, -0.05) is 6.07 Å². The number of aromatic nitrogens is 6. The van der Waals surface area contributed by atoms with Crippen LogP contribution in [-0.2, 0) is 13.5 Å². The summed E-state index contributed by atoms with van der Waals surface area (Å²) in [4.78, 5) is 24.1. The topological polar surface area (TPSA) is 81.2 Å². The van der Waals surface area contributed by atoms with Gasteiger partial charge in [0.05, 0.1) is 18.4 Å². The maximum absolute atomic E-state index is 13.5. The van der Waals surface area contributed by atoms with Gasteiger partial charge in [0.25, 0.3) is 0 Å². The van der Waals surface area contributed by atoms with Gasteiger partial charge in [-0.25, -0.2) is 8.91 Å². The van der Waals surface area contributed by atoms with E-state index in [4.69, 9.17) is 0 Å². The number of hydrogen-bond donors (Lipinski definition) is 0. The Morgan fingerprint density at radius 1 is 1.26 bits per heavy atom. The largest absolute Gasteiger partial charge is 0.336 e. The molecule has 0 amide bonds. The number of nitrogens with zero attached hydrogens (tertiary/aromatic N) is 7. The van der Waals surface area contributed by atoms with Gasteiger partial charge in [0, 0.05) is 37.5 Å². The normalized spacial score (nSPS) is 16.4. The zero-order valence-electron chi connectivity index (χ0n) is 17.4. The fraction of sp³-hybridized carbons (Fsp3) is 0.318. The van der Waals surface area contributed by atoms with Gasteiger partial charge in [0.2, 0.25) is 5.95 Å². The lowest BCUT2D eigenvalue weighted by Gasteiger charge is -2.10. The van der Waals surface area contributed by atoms with Crippen LogP contribution in [0.5, 0.6) is 0 Å². The highest BCUT2D eigenvalue weighted by molar-refractivity contribution is 6.01. The fourth-order valence-corrected chi connectivity index (χ4v) is 3.97. The summed E-state index contributed by atoms with van der Waals surface area (Å²) in [6, 6.07) is 9.41. The van der Waals surface area contributed by atoms with E-state index in [-0.39, 0.29) is 12.2 Å². The van der Waals surface area contributed by atoms with E-state index >= 15 is 0 Å². The van der Waals surface area contributed by atoms with Crippen LogP contribution < -0.4 is 4.90 Å². The molecule has 8 nitrogen and oxygen atoms in total. The van der Waals surface area contributed by atoms with Gasteiger partial charge in [0.1, 0.15) is 11.9 Å². The number of rotatable bonds is 5. The van der Waals surface area contributed by atoms with Crippen LogP contribution in [0.1, 0.15) is 28.2 Å². The molecule has 4 aromatic rings. The van der Waals surface area contributed by atoms with Crippen molar-refractivity contribution < 1.29 is 9.18 Å². The molecule has 1 saturated heterocycles. The van der Waals surface area contributed by atoms with E-state index in [9.17, 15) is 9.18 Å². The van der Waals surface area contributed by atoms with Crippen LogP contribution in [0.25, 0.3) is 16.9 Å². The van der Waals surface area contributed by atoms with Crippen LogP contribution in [0.3, 0.4) is 0 Å². The third kappa shape index (κ3) is 3.67. The number of pyridine rings is 2. The molecule has 1 atom stereocenters. The lowest BCUT2D eigenvalue weighted by atomic mass is 10.0. The molecule has 0 radical (unpaired) electrons. The molecule has 0 aromatic carbocycles. The number of anilines is 1. The Morgan fingerprint density at radius 3 is 2.90 bits per heavy atom. The molecule has 1 aliphatic heterocycles. The average Bonchev–Trinajstić information content (AvgIpc) is 3.45. The first kappa shape index (κ1) is 19.3. The number of hydrogen-bond acceptors (Lipinski definition) is 6.